The van der Waals surface area contributed by atoms with Gasteiger partial charge in [0.25, 0.3) is 5.91 Å². The summed E-state index contributed by atoms with van der Waals surface area (Å²) in [5.74, 6) is 0.116. The molecule has 94 valence electrons. The van der Waals surface area contributed by atoms with Crippen LogP contribution < -0.4 is 5.32 Å². The molecular formula is C13H20N2O2. The molecule has 0 bridgehead atoms. The summed E-state index contributed by atoms with van der Waals surface area (Å²) in [5, 5.41) is 12.2. The Labute approximate surface area is 102 Å². The van der Waals surface area contributed by atoms with Crippen molar-refractivity contribution in [3.8, 4) is 5.75 Å². The van der Waals surface area contributed by atoms with E-state index >= 15 is 0 Å². The Morgan fingerprint density at radius 2 is 2.18 bits per heavy atom. The van der Waals surface area contributed by atoms with Crippen LogP contribution >= 0.6 is 0 Å². The number of rotatable bonds is 5. The fraction of sp³-hybridized carbons (Fsp3) is 0.462. The summed E-state index contributed by atoms with van der Waals surface area (Å²) in [4.78, 5) is 13.9. The zero-order valence-corrected chi connectivity index (χ0v) is 10.7. The summed E-state index contributed by atoms with van der Waals surface area (Å²) in [6.45, 7) is 6.28. The second kappa shape index (κ2) is 6.25. The summed E-state index contributed by atoms with van der Waals surface area (Å²) in [6, 6.07) is 4.86. The smallest absolute Gasteiger partial charge is 0.251 e. The van der Waals surface area contributed by atoms with Crippen LogP contribution in [0.5, 0.6) is 5.75 Å². The van der Waals surface area contributed by atoms with Gasteiger partial charge in [0.1, 0.15) is 5.75 Å². The van der Waals surface area contributed by atoms with Crippen molar-refractivity contribution in [3.05, 3.63) is 29.3 Å². The Balaban J connectivity index is 2.50. The van der Waals surface area contributed by atoms with E-state index in [-0.39, 0.29) is 11.7 Å². The molecule has 17 heavy (non-hydrogen) atoms. The largest absolute Gasteiger partial charge is 0.508 e. The quantitative estimate of drug-likeness (QED) is 0.812. The highest BCUT2D eigenvalue weighted by molar-refractivity contribution is 5.94. The zero-order chi connectivity index (χ0) is 12.8. The van der Waals surface area contributed by atoms with Gasteiger partial charge in [-0.2, -0.15) is 0 Å². The van der Waals surface area contributed by atoms with Crippen molar-refractivity contribution in [1.29, 1.82) is 0 Å². The lowest BCUT2D eigenvalue weighted by Crippen LogP contribution is -2.32. The van der Waals surface area contributed by atoms with Gasteiger partial charge >= 0.3 is 0 Å². The molecule has 0 aliphatic rings. The van der Waals surface area contributed by atoms with Crippen molar-refractivity contribution in [2.75, 3.05) is 26.7 Å². The monoisotopic (exact) mass is 236 g/mol. The summed E-state index contributed by atoms with van der Waals surface area (Å²) in [5.41, 5.74) is 1.29. The van der Waals surface area contributed by atoms with Gasteiger partial charge in [-0.05, 0) is 44.3 Å². The first-order valence-electron chi connectivity index (χ1n) is 5.81. The molecule has 0 spiro atoms. The molecule has 0 aliphatic carbocycles. The number of hydrogen-bond acceptors (Lipinski definition) is 3. The molecule has 4 heteroatoms. The Morgan fingerprint density at radius 1 is 1.47 bits per heavy atom. The van der Waals surface area contributed by atoms with Crippen LogP contribution in [0.1, 0.15) is 22.8 Å². The van der Waals surface area contributed by atoms with E-state index < -0.39 is 0 Å². The maximum atomic E-state index is 11.8. The van der Waals surface area contributed by atoms with Crippen molar-refractivity contribution >= 4 is 5.91 Å². The highest BCUT2D eigenvalue weighted by Crippen LogP contribution is 2.16. The zero-order valence-electron chi connectivity index (χ0n) is 10.7. The summed E-state index contributed by atoms with van der Waals surface area (Å²) >= 11 is 0. The minimum absolute atomic E-state index is 0.0994. The highest BCUT2D eigenvalue weighted by Gasteiger charge is 2.06. The van der Waals surface area contributed by atoms with Crippen LogP contribution in [0.2, 0.25) is 0 Å². The van der Waals surface area contributed by atoms with Gasteiger partial charge in [-0.15, -0.1) is 0 Å². The Hall–Kier alpha value is -1.55. The average Bonchev–Trinajstić information content (AvgIpc) is 2.32. The molecule has 0 unspecified atom stereocenters. The molecule has 4 nitrogen and oxygen atoms in total. The topological polar surface area (TPSA) is 52.6 Å². The van der Waals surface area contributed by atoms with Crippen molar-refractivity contribution in [1.82, 2.24) is 10.2 Å². The Kier molecular flexibility index (Phi) is 4.97. The standard InChI is InChI=1S/C13H20N2O2/c1-4-15(3)8-7-14-13(17)11-5-6-12(16)10(2)9-11/h5-6,9,16H,4,7-8H2,1-3H3,(H,14,17). The van der Waals surface area contributed by atoms with E-state index in [1.54, 1.807) is 25.1 Å². The van der Waals surface area contributed by atoms with E-state index in [9.17, 15) is 9.90 Å². The van der Waals surface area contributed by atoms with Crippen molar-refractivity contribution < 1.29 is 9.90 Å². The fourth-order valence-electron chi connectivity index (χ4n) is 1.42. The predicted molar refractivity (Wildman–Crippen MR) is 68.3 cm³/mol. The molecule has 1 aromatic carbocycles. The molecule has 0 aliphatic heterocycles. The van der Waals surface area contributed by atoms with E-state index in [2.05, 4.69) is 17.1 Å². The Morgan fingerprint density at radius 3 is 2.76 bits per heavy atom. The lowest BCUT2D eigenvalue weighted by Gasteiger charge is -2.14. The normalized spacial score (nSPS) is 10.6. The van der Waals surface area contributed by atoms with Crippen molar-refractivity contribution in [2.24, 2.45) is 0 Å². The maximum Gasteiger partial charge on any atom is 0.251 e. The SMILES string of the molecule is CCN(C)CCNC(=O)c1ccc(O)c(C)c1. The number of aryl methyl sites for hydroxylation is 1. The molecular weight excluding hydrogens is 216 g/mol. The number of aromatic hydroxyl groups is 1. The molecule has 0 aromatic heterocycles. The second-order valence-electron chi connectivity index (χ2n) is 4.15. The second-order valence-corrected chi connectivity index (χ2v) is 4.15. The number of nitrogens with zero attached hydrogens (tertiary/aromatic N) is 1. The number of phenolic OH excluding ortho intramolecular Hbond substituents is 1. The van der Waals surface area contributed by atoms with Crippen LogP contribution in [0.3, 0.4) is 0 Å². The first-order chi connectivity index (χ1) is 8.04. The lowest BCUT2D eigenvalue weighted by atomic mass is 10.1. The number of nitrogens with one attached hydrogen (secondary N) is 1. The summed E-state index contributed by atoms with van der Waals surface area (Å²) in [6.07, 6.45) is 0. The van der Waals surface area contributed by atoms with Gasteiger partial charge in [-0.25, -0.2) is 0 Å². The molecule has 1 aromatic rings. The molecule has 0 atom stereocenters. The Bertz CT molecular complexity index is 391. The predicted octanol–water partition coefficient (Wildman–Crippen LogP) is 1.38. The third-order valence-electron chi connectivity index (χ3n) is 2.78. The molecule has 0 saturated heterocycles. The molecule has 2 N–H and O–H groups in total. The van der Waals surface area contributed by atoms with E-state index in [1.807, 2.05) is 7.05 Å². The third-order valence-corrected chi connectivity index (χ3v) is 2.78. The van der Waals surface area contributed by atoms with Gasteiger partial charge < -0.3 is 15.3 Å². The molecule has 1 amide bonds. The molecule has 0 radical (unpaired) electrons. The first kappa shape index (κ1) is 13.5. The summed E-state index contributed by atoms with van der Waals surface area (Å²) in [7, 11) is 2.01. The maximum absolute atomic E-state index is 11.8. The van der Waals surface area contributed by atoms with Gasteiger partial charge in [0.15, 0.2) is 0 Å². The van der Waals surface area contributed by atoms with Gasteiger partial charge in [0.2, 0.25) is 0 Å². The van der Waals surface area contributed by atoms with Crippen LogP contribution in [-0.2, 0) is 0 Å². The minimum atomic E-state index is -0.0994. The van der Waals surface area contributed by atoms with Gasteiger partial charge in [0, 0.05) is 18.7 Å². The van der Waals surface area contributed by atoms with Gasteiger partial charge in [0.05, 0.1) is 0 Å². The number of benzene rings is 1. The van der Waals surface area contributed by atoms with Crippen molar-refractivity contribution in [3.63, 3.8) is 0 Å². The first-order valence-corrected chi connectivity index (χ1v) is 5.81. The van der Waals surface area contributed by atoms with E-state index in [1.165, 1.54) is 0 Å². The molecule has 0 heterocycles. The van der Waals surface area contributed by atoms with Gasteiger partial charge in [-0.3, -0.25) is 4.79 Å². The fourth-order valence-corrected chi connectivity index (χ4v) is 1.42. The third kappa shape index (κ3) is 4.07. The van der Waals surface area contributed by atoms with Crippen LogP contribution in [0.25, 0.3) is 0 Å². The number of carbonyl (C=O) groups excluding carboxylic acids is 1. The molecule has 0 saturated carbocycles. The van der Waals surface area contributed by atoms with Crippen LogP contribution in [-0.4, -0.2) is 42.6 Å². The number of amides is 1. The number of likely N-dealkylation sites (N-methyl/N-ethyl adjacent to an activating group) is 1. The lowest BCUT2D eigenvalue weighted by molar-refractivity contribution is 0.0950. The van der Waals surface area contributed by atoms with Crippen molar-refractivity contribution in [2.45, 2.75) is 13.8 Å². The molecule has 1 rings (SSSR count). The van der Waals surface area contributed by atoms with E-state index in [4.69, 9.17) is 0 Å². The van der Waals surface area contributed by atoms with Crippen LogP contribution in [0, 0.1) is 6.92 Å². The van der Waals surface area contributed by atoms with E-state index in [0.717, 1.165) is 13.1 Å². The summed E-state index contributed by atoms with van der Waals surface area (Å²) < 4.78 is 0. The number of carbonyl (C=O) groups is 1. The van der Waals surface area contributed by atoms with E-state index in [0.29, 0.717) is 17.7 Å². The van der Waals surface area contributed by atoms with Crippen LogP contribution in [0.4, 0.5) is 0 Å². The highest BCUT2D eigenvalue weighted by atomic mass is 16.3. The average molecular weight is 236 g/mol. The van der Waals surface area contributed by atoms with Gasteiger partial charge in [-0.1, -0.05) is 6.92 Å². The molecule has 0 fully saturated rings. The minimum Gasteiger partial charge on any atom is -0.508 e. The number of hydrogen-bond donors (Lipinski definition) is 2. The van der Waals surface area contributed by atoms with Crippen LogP contribution in [0.15, 0.2) is 18.2 Å². The number of phenols is 1.